The lowest BCUT2D eigenvalue weighted by Crippen LogP contribution is -2.54. The summed E-state index contributed by atoms with van der Waals surface area (Å²) in [7, 11) is 0. The van der Waals surface area contributed by atoms with E-state index < -0.39 is 23.4 Å². The highest BCUT2D eigenvalue weighted by Gasteiger charge is 2.57. The van der Waals surface area contributed by atoms with Crippen LogP contribution in [0.3, 0.4) is 0 Å². The maximum absolute atomic E-state index is 13.9. The van der Waals surface area contributed by atoms with Gasteiger partial charge in [-0.25, -0.2) is 0 Å². The molecule has 2 amide bonds. The minimum atomic E-state index is -0.643. The lowest BCUT2D eigenvalue weighted by atomic mass is 9.68. The lowest BCUT2D eigenvalue weighted by molar-refractivity contribution is -0.155. The van der Waals surface area contributed by atoms with Gasteiger partial charge in [0.2, 0.25) is 11.8 Å². The quantitative estimate of drug-likeness (QED) is 0.218. The number of nitrogens with one attached hydrogen (secondary N) is 1. The normalized spacial score (nSPS) is 26.2. The zero-order valence-electron chi connectivity index (χ0n) is 23.6. The maximum Gasteiger partial charge on any atom is 0.310 e. The van der Waals surface area contributed by atoms with E-state index in [1.807, 2.05) is 26.0 Å². The molecule has 2 N–H and O–H groups in total. The van der Waals surface area contributed by atoms with E-state index in [2.05, 4.69) is 33.0 Å². The third-order valence-electron chi connectivity index (χ3n) is 7.30. The summed E-state index contributed by atoms with van der Waals surface area (Å²) in [6.07, 6.45) is 9.80. The van der Waals surface area contributed by atoms with Gasteiger partial charge in [0.1, 0.15) is 6.04 Å². The van der Waals surface area contributed by atoms with Gasteiger partial charge >= 0.3 is 5.97 Å². The van der Waals surface area contributed by atoms with Gasteiger partial charge in [-0.15, -0.1) is 0 Å². The third-order valence-corrected chi connectivity index (χ3v) is 7.30. The molecule has 0 saturated carbocycles. The van der Waals surface area contributed by atoms with Crippen molar-refractivity contribution in [2.75, 3.05) is 19.8 Å². The molecule has 0 bridgehead atoms. The molecule has 0 aromatic heterocycles. The third kappa shape index (κ3) is 7.80. The summed E-state index contributed by atoms with van der Waals surface area (Å²) in [6.45, 7) is 15.3. The van der Waals surface area contributed by atoms with Crippen LogP contribution in [-0.4, -0.2) is 59.1 Å². The molecule has 0 spiro atoms. The summed E-state index contributed by atoms with van der Waals surface area (Å²) in [5.74, 6) is -2.16. The smallest absolute Gasteiger partial charge is 0.310 e. The van der Waals surface area contributed by atoms with Crippen molar-refractivity contribution < 1.29 is 24.2 Å². The van der Waals surface area contributed by atoms with Crippen LogP contribution in [0.25, 0.3) is 0 Å². The molecule has 0 aromatic rings. The highest BCUT2D eigenvalue weighted by molar-refractivity contribution is 5.96. The Morgan fingerprint density at radius 2 is 1.72 bits per heavy atom. The molecule has 0 unspecified atom stereocenters. The number of carbonyl (C=O) groups is 3. The number of aliphatic hydroxyl groups excluding tert-OH is 1. The van der Waals surface area contributed by atoms with Crippen LogP contribution in [0.4, 0.5) is 0 Å². The molecule has 36 heavy (non-hydrogen) atoms. The van der Waals surface area contributed by atoms with Gasteiger partial charge in [-0.05, 0) is 57.8 Å². The maximum atomic E-state index is 13.9. The van der Waals surface area contributed by atoms with E-state index in [1.165, 1.54) is 0 Å². The Labute approximate surface area is 218 Å². The highest BCUT2D eigenvalue weighted by Crippen LogP contribution is 2.46. The number of allylic oxidation sites excluding steroid dienone is 1. The number of likely N-dealkylation sites (tertiary alicyclic amines) is 1. The fourth-order valence-electron chi connectivity index (χ4n) is 6.43. The van der Waals surface area contributed by atoms with Crippen molar-refractivity contribution in [3.8, 4) is 0 Å². The topological polar surface area (TPSA) is 95.9 Å². The average molecular weight is 507 g/mol. The first kappa shape index (κ1) is 30.3. The Morgan fingerprint density at radius 1 is 1.06 bits per heavy atom. The second-order valence-electron chi connectivity index (χ2n) is 12.4. The number of hydrogen-bond acceptors (Lipinski definition) is 5. The van der Waals surface area contributed by atoms with Crippen LogP contribution in [0.15, 0.2) is 12.2 Å². The molecular formula is C29H50N2O5. The Bertz CT molecular complexity index is 785. The van der Waals surface area contributed by atoms with Crippen molar-refractivity contribution >= 4 is 17.8 Å². The number of fused-ring (bicyclic) bond motifs is 1. The Kier molecular flexibility index (Phi) is 11.0. The predicted octanol–water partition coefficient (Wildman–Crippen LogP) is 4.48. The zero-order valence-corrected chi connectivity index (χ0v) is 23.6. The van der Waals surface area contributed by atoms with Gasteiger partial charge in [-0.3, -0.25) is 14.4 Å². The molecule has 1 fully saturated rings. The molecule has 1 heterocycles. The lowest BCUT2D eigenvalue weighted by Gasteiger charge is -2.37. The van der Waals surface area contributed by atoms with Crippen molar-refractivity contribution in [3.05, 3.63) is 12.2 Å². The number of amides is 2. The summed E-state index contributed by atoms with van der Waals surface area (Å²) >= 11 is 0. The fourth-order valence-corrected chi connectivity index (χ4v) is 6.43. The molecule has 1 aliphatic heterocycles. The first-order chi connectivity index (χ1) is 16.9. The Morgan fingerprint density at radius 3 is 2.31 bits per heavy atom. The van der Waals surface area contributed by atoms with Gasteiger partial charge in [-0.2, -0.15) is 0 Å². The number of carbonyl (C=O) groups excluding carboxylic acids is 3. The van der Waals surface area contributed by atoms with Gasteiger partial charge < -0.3 is 20.1 Å². The molecule has 2 rings (SSSR count). The molecule has 1 aliphatic carbocycles. The van der Waals surface area contributed by atoms with Crippen molar-refractivity contribution in [1.82, 2.24) is 10.2 Å². The van der Waals surface area contributed by atoms with E-state index in [-0.39, 0.29) is 48.2 Å². The van der Waals surface area contributed by atoms with E-state index in [0.717, 1.165) is 44.9 Å². The fraction of sp³-hybridized carbons (Fsp3) is 0.828. The summed E-state index contributed by atoms with van der Waals surface area (Å²) in [4.78, 5) is 42.6. The average Bonchev–Trinajstić information content (AvgIpc) is 3.03. The summed E-state index contributed by atoms with van der Waals surface area (Å²) in [5.41, 5.74) is -0.405. The van der Waals surface area contributed by atoms with Crippen LogP contribution in [-0.2, 0) is 19.1 Å². The predicted molar refractivity (Wildman–Crippen MR) is 142 cm³/mol. The minimum absolute atomic E-state index is 0.0321. The van der Waals surface area contributed by atoms with Crippen molar-refractivity contribution in [3.63, 3.8) is 0 Å². The van der Waals surface area contributed by atoms with Crippen LogP contribution in [0, 0.1) is 29.1 Å². The van der Waals surface area contributed by atoms with E-state index >= 15 is 0 Å². The molecule has 2 aliphatic rings. The monoisotopic (exact) mass is 506 g/mol. The van der Waals surface area contributed by atoms with E-state index in [4.69, 9.17) is 9.84 Å². The number of unbranched alkanes of at least 4 members (excludes halogenated alkanes) is 3. The van der Waals surface area contributed by atoms with Crippen molar-refractivity contribution in [2.45, 2.75) is 105 Å². The van der Waals surface area contributed by atoms with Crippen LogP contribution in [0.5, 0.6) is 0 Å². The molecule has 7 heteroatoms. The largest absolute Gasteiger partial charge is 0.466 e. The van der Waals surface area contributed by atoms with Gasteiger partial charge in [-0.1, -0.05) is 59.1 Å². The molecule has 206 valence electrons. The van der Waals surface area contributed by atoms with Gasteiger partial charge in [0.05, 0.1) is 18.4 Å². The second kappa shape index (κ2) is 13.1. The Balaban J connectivity index is 2.38. The SMILES string of the molecule is CCC[C@@H]1C=C[C@H]2[C@@H](C(=O)N(CCCCCCO)[C@@H]2C(=O)NC(C)(C)CC(C)(C)C)[C@@H]1C(=O)OCC. The Hall–Kier alpha value is -1.89. The van der Waals surface area contributed by atoms with Crippen molar-refractivity contribution in [2.24, 2.45) is 29.1 Å². The van der Waals surface area contributed by atoms with Crippen LogP contribution in [0.2, 0.25) is 0 Å². The molecular weight excluding hydrogens is 456 g/mol. The standard InChI is InChI=1S/C29H50N2O5/c1-8-14-20-15-16-21-23(22(20)27(35)36-9-2)26(34)31(17-12-10-11-13-18-32)24(21)25(33)30-29(6,7)19-28(3,4)5/h15-16,20-24,32H,8-14,17-19H2,1-7H3,(H,30,33)/t20-,21+,22-,23-,24+/m1/s1. The van der Waals surface area contributed by atoms with Crippen LogP contribution >= 0.6 is 0 Å². The zero-order chi connectivity index (χ0) is 27.1. The first-order valence-electron chi connectivity index (χ1n) is 13.9. The first-order valence-corrected chi connectivity index (χ1v) is 13.9. The highest BCUT2D eigenvalue weighted by atomic mass is 16.5. The number of hydrogen-bond donors (Lipinski definition) is 2. The summed E-state index contributed by atoms with van der Waals surface area (Å²) in [6, 6.07) is -0.643. The van der Waals surface area contributed by atoms with Crippen molar-refractivity contribution in [1.29, 1.82) is 0 Å². The molecule has 7 nitrogen and oxygen atoms in total. The number of rotatable bonds is 13. The van der Waals surface area contributed by atoms with Crippen LogP contribution in [0.1, 0.15) is 93.4 Å². The summed E-state index contributed by atoms with van der Waals surface area (Å²) < 4.78 is 5.44. The van der Waals surface area contributed by atoms with Gasteiger partial charge in [0.15, 0.2) is 0 Å². The number of aliphatic hydroxyl groups is 1. The molecule has 0 aromatic carbocycles. The van der Waals surface area contributed by atoms with Gasteiger partial charge in [0.25, 0.3) is 0 Å². The number of ether oxygens (including phenoxy) is 1. The number of esters is 1. The second-order valence-corrected chi connectivity index (χ2v) is 12.4. The van der Waals surface area contributed by atoms with E-state index in [0.29, 0.717) is 6.54 Å². The molecule has 5 atom stereocenters. The van der Waals surface area contributed by atoms with Gasteiger partial charge in [0, 0.05) is 24.6 Å². The van der Waals surface area contributed by atoms with Crippen LogP contribution < -0.4 is 5.32 Å². The van der Waals surface area contributed by atoms with E-state index in [9.17, 15) is 14.4 Å². The summed E-state index contributed by atoms with van der Waals surface area (Å²) in [5, 5.41) is 12.3. The minimum Gasteiger partial charge on any atom is -0.466 e. The van der Waals surface area contributed by atoms with E-state index in [1.54, 1.807) is 11.8 Å². The molecule has 1 saturated heterocycles. The molecule has 0 radical (unpaired) electrons. The number of nitrogens with zero attached hydrogens (tertiary/aromatic N) is 1.